The highest BCUT2D eigenvalue weighted by Gasteiger charge is 2.37. The Labute approximate surface area is 219 Å². The highest BCUT2D eigenvalue weighted by molar-refractivity contribution is 8.14. The number of carbonyl (C=O) groups is 1. The molecule has 2 fully saturated rings. The lowest BCUT2D eigenvalue weighted by atomic mass is 9.83. The first-order chi connectivity index (χ1) is 17.6. The fraction of sp³-hybridized carbons (Fsp3) is 0.586. The van der Waals surface area contributed by atoms with Crippen LogP contribution in [0.25, 0.3) is 17.0 Å². The van der Waals surface area contributed by atoms with Crippen LogP contribution in [0.1, 0.15) is 70.3 Å². The van der Waals surface area contributed by atoms with Crippen molar-refractivity contribution in [1.29, 1.82) is 0 Å². The molecule has 2 unspecified atom stereocenters. The summed E-state index contributed by atoms with van der Waals surface area (Å²) < 4.78 is 0. The number of H-pyrrole nitrogens is 1. The zero-order chi connectivity index (χ0) is 24.9. The third kappa shape index (κ3) is 6.17. The van der Waals surface area contributed by atoms with Crippen LogP contribution in [0.2, 0.25) is 0 Å². The van der Waals surface area contributed by atoms with Crippen molar-refractivity contribution in [3.8, 4) is 0 Å². The van der Waals surface area contributed by atoms with Crippen LogP contribution in [0.4, 0.5) is 0 Å². The summed E-state index contributed by atoms with van der Waals surface area (Å²) in [4.78, 5) is 23.2. The van der Waals surface area contributed by atoms with Gasteiger partial charge < -0.3 is 20.9 Å². The normalized spacial score (nSPS) is 28.5. The second-order valence-electron chi connectivity index (χ2n) is 10.8. The number of rotatable bonds is 9. The van der Waals surface area contributed by atoms with Crippen molar-refractivity contribution in [2.75, 3.05) is 13.1 Å². The van der Waals surface area contributed by atoms with Gasteiger partial charge in [-0.15, -0.1) is 0 Å². The zero-order valence-electron chi connectivity index (χ0n) is 21.5. The summed E-state index contributed by atoms with van der Waals surface area (Å²) in [5.41, 5.74) is 8.15. The van der Waals surface area contributed by atoms with Crippen LogP contribution >= 0.6 is 11.8 Å². The average molecular weight is 508 g/mol. The molecule has 6 nitrogen and oxygen atoms in total. The molecule has 2 aromatic rings. The number of carbonyl (C=O) groups excluding carboxylic acids is 1. The molecular weight excluding hydrogens is 466 g/mol. The van der Waals surface area contributed by atoms with Gasteiger partial charge >= 0.3 is 0 Å². The van der Waals surface area contributed by atoms with E-state index < -0.39 is 0 Å². The molecular formula is C29H41N5OS. The van der Waals surface area contributed by atoms with Crippen LogP contribution in [0, 0.1) is 5.92 Å². The van der Waals surface area contributed by atoms with E-state index in [1.54, 1.807) is 17.8 Å². The Kier molecular flexibility index (Phi) is 8.37. The maximum absolute atomic E-state index is 12.6. The van der Waals surface area contributed by atoms with Crippen molar-refractivity contribution in [3.05, 3.63) is 42.1 Å². The van der Waals surface area contributed by atoms with Crippen LogP contribution in [-0.4, -0.2) is 57.4 Å². The molecule has 7 heteroatoms. The molecule has 2 heterocycles. The molecule has 0 radical (unpaired) electrons. The Morgan fingerprint density at radius 2 is 2.03 bits per heavy atom. The van der Waals surface area contributed by atoms with Gasteiger partial charge in [-0.1, -0.05) is 36.9 Å². The first-order valence-corrected chi connectivity index (χ1v) is 14.8. The highest BCUT2D eigenvalue weighted by atomic mass is 32.2. The van der Waals surface area contributed by atoms with Crippen molar-refractivity contribution in [3.63, 3.8) is 0 Å². The molecule has 2 aliphatic carbocycles. The van der Waals surface area contributed by atoms with Crippen molar-refractivity contribution in [2.45, 2.75) is 88.1 Å². The summed E-state index contributed by atoms with van der Waals surface area (Å²) in [5, 5.41) is 5.77. The monoisotopic (exact) mass is 507 g/mol. The summed E-state index contributed by atoms with van der Waals surface area (Å²) in [5.74, 6) is 0.790. The van der Waals surface area contributed by atoms with Gasteiger partial charge in [0, 0.05) is 40.5 Å². The van der Waals surface area contributed by atoms with Gasteiger partial charge in [0.15, 0.2) is 5.17 Å². The largest absolute Gasteiger partial charge is 0.379 e. The van der Waals surface area contributed by atoms with E-state index in [1.165, 1.54) is 58.0 Å². The van der Waals surface area contributed by atoms with Crippen molar-refractivity contribution >= 4 is 39.8 Å². The molecule has 4 N–H and O–H groups in total. The number of nitrogens with one attached hydrogen (secondary N) is 2. The number of fused-ring (bicyclic) bond motifs is 2. The number of nitrogens with zero attached hydrogens (tertiary/aromatic N) is 2. The summed E-state index contributed by atoms with van der Waals surface area (Å²) in [6.45, 7) is 4.69. The molecule has 0 spiro atoms. The third-order valence-corrected chi connectivity index (χ3v) is 9.53. The maximum atomic E-state index is 12.6. The summed E-state index contributed by atoms with van der Waals surface area (Å²) >= 11 is 1.80. The average Bonchev–Trinajstić information content (AvgIpc) is 3.48. The van der Waals surface area contributed by atoms with Crippen molar-refractivity contribution < 1.29 is 4.79 Å². The number of amidine groups is 1. The Bertz CT molecular complexity index is 1090. The van der Waals surface area contributed by atoms with Crippen molar-refractivity contribution in [1.82, 2.24) is 15.2 Å². The number of benzene rings is 1. The van der Waals surface area contributed by atoms with Gasteiger partial charge in [0.25, 0.3) is 0 Å². The molecule has 3 atom stereocenters. The second kappa shape index (κ2) is 11.9. The first-order valence-electron chi connectivity index (χ1n) is 13.9. The second-order valence-corrected chi connectivity index (χ2v) is 12.1. The number of thioether (sulfide) groups is 1. The molecule has 1 amide bonds. The van der Waals surface area contributed by atoms with E-state index in [0.29, 0.717) is 23.4 Å². The predicted octanol–water partition coefficient (Wildman–Crippen LogP) is 5.31. The minimum atomic E-state index is 0.0165. The van der Waals surface area contributed by atoms with Gasteiger partial charge in [-0.3, -0.25) is 9.79 Å². The smallest absolute Gasteiger partial charge is 0.244 e. The van der Waals surface area contributed by atoms with E-state index in [1.807, 2.05) is 24.4 Å². The van der Waals surface area contributed by atoms with E-state index in [9.17, 15) is 4.79 Å². The Morgan fingerprint density at radius 1 is 1.19 bits per heavy atom. The number of aromatic amines is 1. The molecule has 0 bridgehead atoms. The molecule has 2 saturated carbocycles. The topological polar surface area (TPSA) is 86.5 Å². The fourth-order valence-electron chi connectivity index (χ4n) is 6.40. The van der Waals surface area contributed by atoms with Crippen LogP contribution < -0.4 is 11.1 Å². The lowest BCUT2D eigenvalue weighted by Gasteiger charge is -2.39. The SMILES string of the molecule is CCCN(CCC1CCC(NC(=O)/C=C/c2c[nH]c3ccccc23)CC1)[C@H]1CCC2N=C(N)SC2C1. The first kappa shape index (κ1) is 25.4. The van der Waals surface area contributed by atoms with E-state index in [4.69, 9.17) is 5.73 Å². The molecule has 194 valence electrons. The van der Waals surface area contributed by atoms with Gasteiger partial charge in [-0.2, -0.15) is 0 Å². The zero-order valence-corrected chi connectivity index (χ0v) is 22.3. The van der Waals surface area contributed by atoms with Crippen molar-refractivity contribution in [2.24, 2.45) is 16.6 Å². The number of nitrogens with two attached hydrogens (primary N) is 1. The number of hydrogen-bond donors (Lipinski definition) is 3. The van der Waals surface area contributed by atoms with Gasteiger partial charge in [0.2, 0.25) is 5.91 Å². The molecule has 0 saturated heterocycles. The predicted molar refractivity (Wildman–Crippen MR) is 152 cm³/mol. The molecule has 1 aromatic carbocycles. The molecule has 1 aromatic heterocycles. The van der Waals surface area contributed by atoms with Gasteiger partial charge in [-0.05, 0) is 94.5 Å². The molecule has 1 aliphatic heterocycles. The highest BCUT2D eigenvalue weighted by Crippen LogP contribution is 2.38. The number of hydrogen-bond acceptors (Lipinski definition) is 5. The van der Waals surface area contributed by atoms with Crippen LogP contribution in [0.15, 0.2) is 41.5 Å². The van der Waals surface area contributed by atoms with Gasteiger partial charge in [-0.25, -0.2) is 0 Å². The Balaban J connectivity index is 1.04. The standard InChI is InChI=1S/C29H41N5OS/c1-2-16-34(23-12-13-26-27(18-23)36-29(30)33-26)17-15-20-7-10-22(11-8-20)32-28(35)14-9-21-19-31-25-6-4-3-5-24(21)25/h3-6,9,14,19-20,22-23,26-27,31H,2,7-8,10-13,15-18H2,1H3,(H2,30,33)(H,32,35)/b14-9+/t20?,22?,23-,26?,27?/m0/s1. The maximum Gasteiger partial charge on any atom is 0.244 e. The molecule has 5 rings (SSSR count). The Hall–Kier alpha value is -2.25. The third-order valence-electron chi connectivity index (χ3n) is 8.37. The fourth-order valence-corrected chi connectivity index (χ4v) is 7.58. The number of amides is 1. The summed E-state index contributed by atoms with van der Waals surface area (Å²) in [6, 6.07) is 9.61. The van der Waals surface area contributed by atoms with Crippen LogP contribution in [-0.2, 0) is 4.79 Å². The quantitative estimate of drug-likeness (QED) is 0.402. The minimum absolute atomic E-state index is 0.0165. The number of para-hydroxylation sites is 1. The number of aliphatic imine (C=N–C) groups is 1. The molecule has 3 aliphatic rings. The van der Waals surface area contributed by atoms with Gasteiger partial charge in [0.1, 0.15) is 0 Å². The van der Waals surface area contributed by atoms with E-state index in [-0.39, 0.29) is 5.91 Å². The summed E-state index contributed by atoms with van der Waals surface area (Å²) in [7, 11) is 0. The van der Waals surface area contributed by atoms with E-state index in [2.05, 4.69) is 39.2 Å². The van der Waals surface area contributed by atoms with Crippen LogP contribution in [0.5, 0.6) is 0 Å². The Morgan fingerprint density at radius 3 is 2.86 bits per heavy atom. The molecule has 36 heavy (non-hydrogen) atoms. The lowest BCUT2D eigenvalue weighted by molar-refractivity contribution is -0.117. The van der Waals surface area contributed by atoms with E-state index in [0.717, 1.165) is 40.4 Å². The van der Waals surface area contributed by atoms with E-state index >= 15 is 0 Å². The summed E-state index contributed by atoms with van der Waals surface area (Å²) in [6.07, 6.45) is 16.3. The lowest BCUT2D eigenvalue weighted by Crippen LogP contribution is -2.44. The van der Waals surface area contributed by atoms with Crippen LogP contribution in [0.3, 0.4) is 0 Å². The number of aromatic nitrogens is 1. The minimum Gasteiger partial charge on any atom is -0.379 e. The van der Waals surface area contributed by atoms with Gasteiger partial charge in [0.05, 0.1) is 6.04 Å².